The summed E-state index contributed by atoms with van der Waals surface area (Å²) in [5.74, 6) is -1.08. The molecule has 0 radical (unpaired) electrons. The van der Waals surface area contributed by atoms with Gasteiger partial charge < -0.3 is 25.2 Å². The highest BCUT2D eigenvalue weighted by Gasteiger charge is 2.27. The van der Waals surface area contributed by atoms with Crippen molar-refractivity contribution in [1.82, 2.24) is 4.31 Å². The number of phenolic OH excluding ortho intramolecular Hbond substituents is 1. The number of amides is 1. The van der Waals surface area contributed by atoms with Crippen LogP contribution in [0.25, 0.3) is 10.8 Å². The summed E-state index contributed by atoms with van der Waals surface area (Å²) >= 11 is 1.32. The number of benzene rings is 3. The molecule has 8 nitrogen and oxygen atoms in total. The Balaban J connectivity index is 1.47. The smallest absolute Gasteiger partial charge is 0.387 e. The summed E-state index contributed by atoms with van der Waals surface area (Å²) in [6.45, 7) is -0.574. The van der Waals surface area contributed by atoms with Crippen LogP contribution in [-0.2, 0) is 9.53 Å². The molecule has 1 atom stereocenters. The zero-order valence-corrected chi connectivity index (χ0v) is 22.3. The van der Waals surface area contributed by atoms with Crippen LogP contribution in [0.5, 0.6) is 11.5 Å². The van der Waals surface area contributed by atoms with Crippen LogP contribution in [0.3, 0.4) is 0 Å². The first-order chi connectivity index (χ1) is 18.9. The number of ether oxygens (including phenoxy) is 2. The summed E-state index contributed by atoms with van der Waals surface area (Å²) < 4.78 is 36.8. The number of phenols is 1. The van der Waals surface area contributed by atoms with Gasteiger partial charge in [-0.25, -0.2) is 4.31 Å². The van der Waals surface area contributed by atoms with Gasteiger partial charge in [-0.05, 0) is 61.5 Å². The molecule has 0 aliphatic carbocycles. The minimum absolute atomic E-state index is 0.133. The van der Waals surface area contributed by atoms with Crippen molar-refractivity contribution >= 4 is 46.3 Å². The molecule has 1 saturated heterocycles. The molecule has 0 spiro atoms. The molecule has 208 valence electrons. The van der Waals surface area contributed by atoms with Crippen LogP contribution in [0.15, 0.2) is 53.4 Å². The molecule has 1 unspecified atom stereocenters. The normalized spacial score (nSPS) is 15.8. The zero-order chi connectivity index (χ0) is 27.8. The highest BCUT2D eigenvalue weighted by Crippen LogP contribution is 2.36. The van der Waals surface area contributed by atoms with Gasteiger partial charge in [0.25, 0.3) is 0 Å². The molecule has 39 heavy (non-hydrogen) atoms. The fraction of sp³-hybridized carbons (Fsp3) is 0.357. The maximum Gasteiger partial charge on any atom is 0.387 e. The molecule has 1 fully saturated rings. The molecular weight excluding hydrogens is 528 g/mol. The van der Waals surface area contributed by atoms with Crippen LogP contribution in [0.1, 0.15) is 29.6 Å². The zero-order valence-electron chi connectivity index (χ0n) is 21.5. The van der Waals surface area contributed by atoms with Crippen LogP contribution in [-0.4, -0.2) is 61.6 Å². The third kappa shape index (κ3) is 7.37. The van der Waals surface area contributed by atoms with Gasteiger partial charge in [-0.1, -0.05) is 18.2 Å². The predicted molar refractivity (Wildman–Crippen MR) is 148 cm³/mol. The van der Waals surface area contributed by atoms with Gasteiger partial charge in [0.05, 0.1) is 5.92 Å². The van der Waals surface area contributed by atoms with Crippen molar-refractivity contribution in [3.05, 3.63) is 54.1 Å². The summed E-state index contributed by atoms with van der Waals surface area (Å²) in [4.78, 5) is 25.8. The summed E-state index contributed by atoms with van der Waals surface area (Å²) in [6, 6.07) is 13.4. The lowest BCUT2D eigenvalue weighted by atomic mass is 9.97. The molecule has 0 saturated carbocycles. The Kier molecular flexibility index (Phi) is 9.96. The quantitative estimate of drug-likeness (QED) is 0.146. The number of nitrogens with zero attached hydrogens (tertiary/aromatic N) is 1. The molecule has 1 amide bonds. The molecule has 3 aromatic rings. The molecule has 1 aliphatic heterocycles. The highest BCUT2D eigenvalue weighted by atomic mass is 32.2. The van der Waals surface area contributed by atoms with Crippen molar-refractivity contribution in [2.45, 2.75) is 30.8 Å². The lowest BCUT2D eigenvalue weighted by Crippen LogP contribution is -2.37. The predicted octanol–water partition coefficient (Wildman–Crippen LogP) is 5.77. The number of hydrogen-bond acceptors (Lipinski definition) is 8. The molecule has 3 N–H and O–H groups in total. The Morgan fingerprint density at radius 3 is 2.82 bits per heavy atom. The summed E-state index contributed by atoms with van der Waals surface area (Å²) in [7, 11) is 1.65. The van der Waals surface area contributed by atoms with Crippen LogP contribution >= 0.6 is 11.9 Å². The second-order valence-corrected chi connectivity index (χ2v) is 10.3. The van der Waals surface area contributed by atoms with Crippen molar-refractivity contribution in [2.24, 2.45) is 5.92 Å². The maximum absolute atomic E-state index is 13.3. The Morgan fingerprint density at radius 2 is 2.05 bits per heavy atom. The number of anilines is 2. The Labute approximate surface area is 229 Å². The lowest BCUT2D eigenvalue weighted by Gasteiger charge is -2.31. The Hall–Kier alpha value is -3.41. The molecule has 1 heterocycles. The third-order valence-electron chi connectivity index (χ3n) is 6.44. The molecule has 0 bridgehead atoms. The largest absolute Gasteiger partial charge is 0.504 e. The van der Waals surface area contributed by atoms with Crippen molar-refractivity contribution < 1.29 is 33.0 Å². The van der Waals surface area contributed by atoms with Crippen LogP contribution < -0.4 is 15.4 Å². The molecule has 1 aliphatic rings. The minimum atomic E-state index is -3.04. The first-order valence-corrected chi connectivity index (χ1v) is 13.4. The first-order valence-electron chi connectivity index (χ1n) is 12.6. The van der Waals surface area contributed by atoms with Crippen molar-refractivity contribution in [3.63, 3.8) is 0 Å². The van der Waals surface area contributed by atoms with E-state index in [1.54, 1.807) is 25.3 Å². The number of carbonyl (C=O) groups is 2. The van der Waals surface area contributed by atoms with E-state index >= 15 is 0 Å². The fourth-order valence-electron chi connectivity index (χ4n) is 4.59. The molecular formula is C28H31F2N3O5S. The van der Waals surface area contributed by atoms with Crippen molar-refractivity contribution in [3.8, 4) is 11.5 Å². The van der Waals surface area contributed by atoms with E-state index < -0.39 is 6.61 Å². The second-order valence-electron chi connectivity index (χ2n) is 9.14. The Morgan fingerprint density at radius 1 is 1.23 bits per heavy atom. The van der Waals surface area contributed by atoms with E-state index in [1.165, 1.54) is 24.1 Å². The van der Waals surface area contributed by atoms with Crippen LogP contribution in [0, 0.1) is 5.92 Å². The monoisotopic (exact) mass is 559 g/mol. The first kappa shape index (κ1) is 28.6. The van der Waals surface area contributed by atoms with Crippen LogP contribution in [0.4, 0.5) is 20.2 Å². The number of aldehydes is 1. The van der Waals surface area contributed by atoms with Crippen molar-refractivity contribution in [2.75, 3.05) is 44.0 Å². The topological polar surface area (TPSA) is 100 Å². The molecule has 4 rings (SSSR count). The van der Waals surface area contributed by atoms with E-state index in [1.807, 2.05) is 22.5 Å². The lowest BCUT2D eigenvalue weighted by molar-refractivity contribution is -0.120. The van der Waals surface area contributed by atoms with Gasteiger partial charge >= 0.3 is 6.61 Å². The van der Waals surface area contributed by atoms with E-state index in [0.717, 1.165) is 42.1 Å². The number of piperidine rings is 1. The van der Waals surface area contributed by atoms with Gasteiger partial charge in [-0.15, -0.1) is 0 Å². The molecule has 0 aromatic heterocycles. The summed E-state index contributed by atoms with van der Waals surface area (Å²) in [6.07, 6.45) is 3.10. The number of nitrogens with one attached hydrogen (secondary N) is 2. The number of hydrogen-bond donors (Lipinski definition) is 3. The van der Waals surface area contributed by atoms with Gasteiger partial charge in [0, 0.05) is 66.0 Å². The van der Waals surface area contributed by atoms with E-state index in [9.17, 15) is 23.5 Å². The van der Waals surface area contributed by atoms with E-state index in [2.05, 4.69) is 15.4 Å². The van der Waals surface area contributed by atoms with Gasteiger partial charge in [0.1, 0.15) is 0 Å². The Bertz CT molecular complexity index is 1310. The van der Waals surface area contributed by atoms with E-state index in [0.29, 0.717) is 42.3 Å². The third-order valence-corrected chi connectivity index (χ3v) is 7.49. The SMILES string of the molecule is COCCCNc1ccc(NC(=O)C2CCCN(Sc3ccc(O)c(OC(F)F)c3)C2)c2cccc(C=O)c12. The summed E-state index contributed by atoms with van der Waals surface area (Å²) in [5, 5.41) is 17.7. The minimum Gasteiger partial charge on any atom is -0.504 e. The standard InChI is InChI=1S/C28H31F2N3O5S/c1-37-14-4-12-31-23-10-9-22(21-7-2-5-19(17-34)26(21)23)32-27(36)18-6-3-13-33(16-18)39-20-8-11-24(35)25(15-20)38-28(29)30/h2,5,7-11,15,17-18,28,31,35H,3-4,6,12-14,16H2,1H3,(H,32,36). The second kappa shape index (κ2) is 13.6. The average molecular weight is 560 g/mol. The van der Waals surface area contributed by atoms with Gasteiger partial charge in [0.15, 0.2) is 17.8 Å². The van der Waals surface area contributed by atoms with Gasteiger partial charge in [-0.3, -0.25) is 9.59 Å². The van der Waals surface area contributed by atoms with E-state index in [-0.39, 0.29) is 23.3 Å². The number of fused-ring (bicyclic) bond motifs is 1. The summed E-state index contributed by atoms with van der Waals surface area (Å²) in [5.41, 5.74) is 1.96. The molecule has 11 heteroatoms. The van der Waals surface area contributed by atoms with Gasteiger partial charge in [-0.2, -0.15) is 8.78 Å². The number of alkyl halides is 2. The number of carbonyl (C=O) groups excluding carboxylic acids is 2. The van der Waals surface area contributed by atoms with Crippen LogP contribution in [0.2, 0.25) is 0 Å². The average Bonchev–Trinajstić information content (AvgIpc) is 2.93. The fourth-order valence-corrected chi connectivity index (χ4v) is 5.66. The number of rotatable bonds is 12. The number of methoxy groups -OCH3 is 1. The highest BCUT2D eigenvalue weighted by molar-refractivity contribution is 7.97. The molecule has 3 aromatic carbocycles. The van der Waals surface area contributed by atoms with Crippen molar-refractivity contribution in [1.29, 1.82) is 0 Å². The van der Waals surface area contributed by atoms with Gasteiger partial charge in [0.2, 0.25) is 5.91 Å². The number of aromatic hydroxyl groups is 1. The maximum atomic E-state index is 13.3. The van der Waals surface area contributed by atoms with E-state index in [4.69, 9.17) is 4.74 Å². The number of halogens is 2.